The average molecular weight is 333 g/mol. The zero-order valence-electron chi connectivity index (χ0n) is 9.28. The number of rotatable bonds is 6. The second kappa shape index (κ2) is 7.62. The molecular formula is C12H16INO2. The third-order valence-corrected chi connectivity index (χ3v) is 2.81. The van der Waals surface area contributed by atoms with E-state index in [1.54, 1.807) is 7.11 Å². The third-order valence-electron chi connectivity index (χ3n) is 2.19. The molecule has 0 aliphatic heterocycles. The minimum atomic E-state index is -0.173. The summed E-state index contributed by atoms with van der Waals surface area (Å²) in [6.45, 7) is 0. The molecular weight excluding hydrogens is 317 g/mol. The van der Waals surface area contributed by atoms with Gasteiger partial charge in [0.2, 0.25) is 5.91 Å². The number of ether oxygens (including phenoxy) is 1. The largest absolute Gasteiger partial charge is 0.362 e. The molecule has 0 heterocycles. The number of alkyl halides is 1. The smallest absolute Gasteiger partial charge is 0.226 e. The molecule has 1 aromatic rings. The molecule has 1 rings (SSSR count). The van der Waals surface area contributed by atoms with Gasteiger partial charge in [-0.25, -0.2) is 0 Å². The van der Waals surface area contributed by atoms with Crippen molar-refractivity contribution in [2.75, 3.05) is 11.5 Å². The van der Waals surface area contributed by atoms with Crippen LogP contribution < -0.4 is 5.32 Å². The van der Waals surface area contributed by atoms with Crippen LogP contribution in [0.2, 0.25) is 0 Å². The first-order chi connectivity index (χ1) is 7.76. The fourth-order valence-electron chi connectivity index (χ4n) is 1.36. The van der Waals surface area contributed by atoms with Crippen LogP contribution in [0.25, 0.3) is 0 Å². The molecule has 0 radical (unpaired) electrons. The topological polar surface area (TPSA) is 38.3 Å². The minimum absolute atomic E-state index is 0.00269. The first kappa shape index (κ1) is 13.4. The predicted molar refractivity (Wildman–Crippen MR) is 72.6 cm³/mol. The summed E-state index contributed by atoms with van der Waals surface area (Å²) < 4.78 is 6.12. The zero-order valence-corrected chi connectivity index (χ0v) is 11.4. The van der Waals surface area contributed by atoms with Crippen LogP contribution in [0, 0.1) is 0 Å². The standard InChI is InChI=1S/C12H16INO2/c1-16-12(7-8-13)14-11(15)9-10-5-3-2-4-6-10/h2-6,12H,7-9H2,1H3,(H,14,15). The summed E-state index contributed by atoms with van der Waals surface area (Å²) in [5.41, 5.74) is 1.02. The van der Waals surface area contributed by atoms with Crippen LogP contribution in [-0.4, -0.2) is 23.7 Å². The van der Waals surface area contributed by atoms with Gasteiger partial charge in [-0.3, -0.25) is 4.79 Å². The van der Waals surface area contributed by atoms with Crippen LogP contribution in [-0.2, 0) is 16.0 Å². The summed E-state index contributed by atoms with van der Waals surface area (Å²) >= 11 is 2.27. The van der Waals surface area contributed by atoms with Crippen LogP contribution in [0.1, 0.15) is 12.0 Å². The van der Waals surface area contributed by atoms with Crippen molar-refractivity contribution in [3.8, 4) is 0 Å². The van der Waals surface area contributed by atoms with E-state index in [0.717, 1.165) is 16.4 Å². The third kappa shape index (κ3) is 4.94. The molecule has 16 heavy (non-hydrogen) atoms. The van der Waals surface area contributed by atoms with Gasteiger partial charge in [0.05, 0.1) is 6.42 Å². The van der Waals surface area contributed by atoms with Crippen molar-refractivity contribution in [3.05, 3.63) is 35.9 Å². The van der Waals surface area contributed by atoms with Gasteiger partial charge in [0.25, 0.3) is 0 Å². The lowest BCUT2D eigenvalue weighted by atomic mass is 10.1. The number of methoxy groups -OCH3 is 1. The van der Waals surface area contributed by atoms with Gasteiger partial charge in [0.1, 0.15) is 6.23 Å². The fourth-order valence-corrected chi connectivity index (χ4v) is 1.93. The Morgan fingerprint density at radius 2 is 2.12 bits per heavy atom. The van der Waals surface area contributed by atoms with E-state index in [1.165, 1.54) is 0 Å². The van der Waals surface area contributed by atoms with Crippen LogP contribution in [0.3, 0.4) is 0 Å². The molecule has 0 saturated heterocycles. The molecule has 0 fully saturated rings. The molecule has 1 amide bonds. The normalized spacial score (nSPS) is 12.1. The Bertz CT molecular complexity index is 316. The summed E-state index contributed by atoms with van der Waals surface area (Å²) in [4.78, 5) is 11.7. The lowest BCUT2D eigenvalue weighted by Crippen LogP contribution is -2.37. The molecule has 88 valence electrons. The molecule has 0 spiro atoms. The number of halogens is 1. The van der Waals surface area contributed by atoms with E-state index in [4.69, 9.17) is 4.74 Å². The van der Waals surface area contributed by atoms with Crippen molar-refractivity contribution in [2.24, 2.45) is 0 Å². The molecule has 4 heteroatoms. The lowest BCUT2D eigenvalue weighted by molar-refractivity contribution is -0.124. The number of hydrogen-bond acceptors (Lipinski definition) is 2. The maximum atomic E-state index is 11.7. The van der Waals surface area contributed by atoms with E-state index < -0.39 is 0 Å². The Balaban J connectivity index is 2.41. The molecule has 1 atom stereocenters. The summed E-state index contributed by atoms with van der Waals surface area (Å²) in [5.74, 6) is 0.00269. The van der Waals surface area contributed by atoms with Crippen LogP contribution >= 0.6 is 22.6 Å². The van der Waals surface area contributed by atoms with Crippen molar-refractivity contribution < 1.29 is 9.53 Å². The molecule has 1 aromatic carbocycles. The predicted octanol–water partition coefficient (Wildman–Crippen LogP) is 2.14. The number of benzene rings is 1. The molecule has 0 saturated carbocycles. The van der Waals surface area contributed by atoms with Gasteiger partial charge in [-0.2, -0.15) is 0 Å². The van der Waals surface area contributed by atoms with Gasteiger partial charge in [0.15, 0.2) is 0 Å². The Morgan fingerprint density at radius 3 is 2.69 bits per heavy atom. The Kier molecular flexibility index (Phi) is 6.40. The van der Waals surface area contributed by atoms with Crippen molar-refractivity contribution in [2.45, 2.75) is 19.1 Å². The van der Waals surface area contributed by atoms with Gasteiger partial charge in [-0.1, -0.05) is 52.9 Å². The summed E-state index contributed by atoms with van der Waals surface area (Å²) in [6.07, 6.45) is 1.06. The van der Waals surface area contributed by atoms with Crippen LogP contribution in [0.15, 0.2) is 30.3 Å². The highest BCUT2D eigenvalue weighted by Crippen LogP contribution is 2.01. The van der Waals surface area contributed by atoms with Gasteiger partial charge < -0.3 is 10.1 Å². The van der Waals surface area contributed by atoms with Crippen molar-refractivity contribution in [1.29, 1.82) is 0 Å². The maximum absolute atomic E-state index is 11.7. The highest BCUT2D eigenvalue weighted by Gasteiger charge is 2.10. The van der Waals surface area contributed by atoms with Gasteiger partial charge in [0, 0.05) is 18.0 Å². The lowest BCUT2D eigenvalue weighted by Gasteiger charge is -2.15. The number of amides is 1. The van der Waals surface area contributed by atoms with Crippen molar-refractivity contribution >= 4 is 28.5 Å². The molecule has 0 aliphatic carbocycles. The van der Waals surface area contributed by atoms with Crippen molar-refractivity contribution in [3.63, 3.8) is 0 Å². The van der Waals surface area contributed by atoms with E-state index in [2.05, 4.69) is 27.9 Å². The minimum Gasteiger partial charge on any atom is -0.362 e. The Morgan fingerprint density at radius 1 is 1.44 bits per heavy atom. The highest BCUT2D eigenvalue weighted by atomic mass is 127. The molecule has 3 nitrogen and oxygen atoms in total. The second-order valence-corrected chi connectivity index (χ2v) is 4.51. The quantitative estimate of drug-likeness (QED) is 0.492. The molecule has 0 aromatic heterocycles. The fraction of sp³-hybridized carbons (Fsp3) is 0.417. The molecule has 0 bridgehead atoms. The molecule has 1 unspecified atom stereocenters. The summed E-state index contributed by atoms with van der Waals surface area (Å²) in [5, 5.41) is 2.85. The number of nitrogens with one attached hydrogen (secondary N) is 1. The van der Waals surface area contributed by atoms with Crippen molar-refractivity contribution in [1.82, 2.24) is 5.32 Å². The van der Waals surface area contributed by atoms with Gasteiger partial charge >= 0.3 is 0 Å². The van der Waals surface area contributed by atoms with E-state index in [0.29, 0.717) is 6.42 Å². The maximum Gasteiger partial charge on any atom is 0.226 e. The highest BCUT2D eigenvalue weighted by molar-refractivity contribution is 14.1. The summed E-state index contributed by atoms with van der Waals surface area (Å²) in [6, 6.07) is 9.69. The second-order valence-electron chi connectivity index (χ2n) is 3.43. The van der Waals surface area contributed by atoms with E-state index in [-0.39, 0.29) is 12.1 Å². The van der Waals surface area contributed by atoms with Gasteiger partial charge in [-0.15, -0.1) is 0 Å². The monoisotopic (exact) mass is 333 g/mol. The average Bonchev–Trinajstić information content (AvgIpc) is 2.29. The van der Waals surface area contributed by atoms with E-state index in [9.17, 15) is 4.79 Å². The first-order valence-electron chi connectivity index (χ1n) is 5.18. The van der Waals surface area contributed by atoms with Gasteiger partial charge in [-0.05, 0) is 5.56 Å². The Labute approximate surface area is 110 Å². The number of carbonyl (C=O) groups excluding carboxylic acids is 1. The Hall–Kier alpha value is -0.620. The number of carbonyl (C=O) groups is 1. The van der Waals surface area contributed by atoms with Crippen LogP contribution in [0.4, 0.5) is 0 Å². The van der Waals surface area contributed by atoms with E-state index in [1.807, 2.05) is 30.3 Å². The molecule has 1 N–H and O–H groups in total. The zero-order chi connectivity index (χ0) is 11.8. The molecule has 0 aliphatic rings. The number of hydrogen-bond donors (Lipinski definition) is 1. The summed E-state index contributed by atoms with van der Waals surface area (Å²) in [7, 11) is 1.61. The SMILES string of the molecule is COC(CCI)NC(=O)Cc1ccccc1. The van der Waals surface area contributed by atoms with Crippen LogP contribution in [0.5, 0.6) is 0 Å². The van der Waals surface area contributed by atoms with E-state index >= 15 is 0 Å². The first-order valence-corrected chi connectivity index (χ1v) is 6.71.